The molecule has 32 heavy (non-hydrogen) atoms. The SMILES string of the molecule is O=C(CSc1nnc(Nc2cccc(F)c2)s1)N[C@@H](Cc1c[nH]c2ccccc12)C(=O)O. The van der Waals surface area contributed by atoms with Gasteiger partial charge in [-0.25, -0.2) is 9.18 Å². The predicted octanol–water partition coefficient (Wildman–Crippen LogP) is 3.81. The Hall–Kier alpha value is -3.44. The lowest BCUT2D eigenvalue weighted by Gasteiger charge is -2.13. The molecule has 0 spiro atoms. The van der Waals surface area contributed by atoms with E-state index in [1.165, 1.54) is 23.5 Å². The highest BCUT2D eigenvalue weighted by Crippen LogP contribution is 2.27. The van der Waals surface area contributed by atoms with E-state index >= 15 is 0 Å². The van der Waals surface area contributed by atoms with E-state index in [-0.39, 0.29) is 18.0 Å². The number of fused-ring (bicyclic) bond motifs is 1. The Morgan fingerprint density at radius 2 is 2.03 bits per heavy atom. The Kier molecular flexibility index (Phi) is 6.66. The number of rotatable bonds is 9. The average Bonchev–Trinajstić information content (AvgIpc) is 3.39. The smallest absolute Gasteiger partial charge is 0.326 e. The second kappa shape index (κ2) is 9.79. The summed E-state index contributed by atoms with van der Waals surface area (Å²) in [6.45, 7) is 0. The average molecular weight is 472 g/mol. The third-order valence-electron chi connectivity index (χ3n) is 4.54. The van der Waals surface area contributed by atoms with Gasteiger partial charge >= 0.3 is 5.97 Å². The molecule has 2 aromatic heterocycles. The number of nitrogens with zero attached hydrogens (tertiary/aromatic N) is 2. The summed E-state index contributed by atoms with van der Waals surface area (Å²) in [7, 11) is 0. The lowest BCUT2D eigenvalue weighted by molar-refractivity contribution is -0.141. The molecule has 0 fully saturated rings. The molecule has 8 nitrogen and oxygen atoms in total. The van der Waals surface area contributed by atoms with Gasteiger partial charge in [-0.05, 0) is 29.8 Å². The number of anilines is 2. The first kappa shape index (κ1) is 21.8. The van der Waals surface area contributed by atoms with Crippen molar-refractivity contribution in [2.75, 3.05) is 11.1 Å². The maximum atomic E-state index is 13.3. The maximum Gasteiger partial charge on any atom is 0.326 e. The van der Waals surface area contributed by atoms with E-state index in [0.717, 1.165) is 28.2 Å². The third-order valence-corrected chi connectivity index (χ3v) is 6.51. The molecule has 164 valence electrons. The van der Waals surface area contributed by atoms with E-state index in [9.17, 15) is 19.1 Å². The van der Waals surface area contributed by atoms with Gasteiger partial charge in [0.1, 0.15) is 11.9 Å². The molecule has 11 heteroatoms. The summed E-state index contributed by atoms with van der Waals surface area (Å²) in [5, 5.41) is 24.4. The largest absolute Gasteiger partial charge is 0.480 e. The highest BCUT2D eigenvalue weighted by molar-refractivity contribution is 8.01. The third kappa shape index (κ3) is 5.42. The van der Waals surface area contributed by atoms with Crippen LogP contribution in [0.4, 0.5) is 15.2 Å². The number of thioether (sulfide) groups is 1. The van der Waals surface area contributed by atoms with Gasteiger partial charge in [0.2, 0.25) is 11.0 Å². The summed E-state index contributed by atoms with van der Waals surface area (Å²) in [6, 6.07) is 12.5. The fourth-order valence-electron chi connectivity index (χ4n) is 3.09. The number of hydrogen-bond acceptors (Lipinski definition) is 7. The molecule has 0 bridgehead atoms. The Bertz CT molecular complexity index is 1260. The quantitative estimate of drug-likeness (QED) is 0.274. The molecule has 0 saturated heterocycles. The number of aromatic nitrogens is 3. The Balaban J connectivity index is 1.32. The number of carboxylic acids is 1. The minimum absolute atomic E-state index is 0.00768. The van der Waals surface area contributed by atoms with E-state index in [1.54, 1.807) is 18.3 Å². The van der Waals surface area contributed by atoms with Crippen molar-refractivity contribution >= 4 is 56.7 Å². The summed E-state index contributed by atoms with van der Waals surface area (Å²) in [6.07, 6.45) is 1.92. The molecule has 1 atom stereocenters. The Labute approximate surface area is 190 Å². The standard InChI is InChI=1S/C21H18FN5O3S2/c22-13-4-3-5-14(9-13)24-20-26-27-21(32-20)31-11-18(28)25-17(19(29)30)8-12-10-23-16-7-2-1-6-15(12)16/h1-7,9-10,17,23H,8,11H2,(H,24,26)(H,25,28)(H,29,30)/t17-/m0/s1. The van der Waals surface area contributed by atoms with Gasteiger partial charge in [0.05, 0.1) is 5.75 Å². The van der Waals surface area contributed by atoms with E-state index in [2.05, 4.69) is 25.8 Å². The van der Waals surface area contributed by atoms with Gasteiger partial charge in [0.25, 0.3) is 0 Å². The molecule has 0 aliphatic carbocycles. The lowest BCUT2D eigenvalue weighted by atomic mass is 10.1. The number of carbonyl (C=O) groups is 2. The minimum Gasteiger partial charge on any atom is -0.480 e. The molecule has 1 amide bonds. The lowest BCUT2D eigenvalue weighted by Crippen LogP contribution is -2.43. The Morgan fingerprint density at radius 3 is 2.84 bits per heavy atom. The molecule has 2 heterocycles. The van der Waals surface area contributed by atoms with Crippen molar-refractivity contribution in [3.05, 3.63) is 66.1 Å². The van der Waals surface area contributed by atoms with Crippen LogP contribution in [0.2, 0.25) is 0 Å². The first-order valence-corrected chi connectivity index (χ1v) is 11.3. The molecular weight excluding hydrogens is 453 g/mol. The summed E-state index contributed by atoms with van der Waals surface area (Å²) in [5.74, 6) is -1.90. The van der Waals surface area contributed by atoms with Crippen LogP contribution in [0.25, 0.3) is 10.9 Å². The number of aromatic amines is 1. The fraction of sp³-hybridized carbons (Fsp3) is 0.143. The molecule has 0 aliphatic heterocycles. The molecule has 0 aliphatic rings. The monoisotopic (exact) mass is 471 g/mol. The van der Waals surface area contributed by atoms with Gasteiger partial charge in [0.15, 0.2) is 4.34 Å². The predicted molar refractivity (Wildman–Crippen MR) is 122 cm³/mol. The van der Waals surface area contributed by atoms with Crippen LogP contribution >= 0.6 is 23.1 Å². The number of para-hydroxylation sites is 1. The number of nitrogens with one attached hydrogen (secondary N) is 3. The number of H-pyrrole nitrogens is 1. The van der Waals surface area contributed by atoms with Crippen molar-refractivity contribution in [3.63, 3.8) is 0 Å². The number of hydrogen-bond donors (Lipinski definition) is 4. The van der Waals surface area contributed by atoms with Gasteiger partial charge in [-0.2, -0.15) is 0 Å². The van der Waals surface area contributed by atoms with Gasteiger partial charge in [-0.1, -0.05) is 47.4 Å². The van der Waals surface area contributed by atoms with Gasteiger partial charge < -0.3 is 20.7 Å². The van der Waals surface area contributed by atoms with Crippen molar-refractivity contribution in [1.82, 2.24) is 20.5 Å². The van der Waals surface area contributed by atoms with Gasteiger partial charge in [0, 0.05) is 29.2 Å². The second-order valence-electron chi connectivity index (χ2n) is 6.82. The van der Waals surface area contributed by atoms with E-state index in [0.29, 0.717) is 15.2 Å². The van der Waals surface area contributed by atoms with Crippen molar-refractivity contribution in [2.24, 2.45) is 0 Å². The van der Waals surface area contributed by atoms with Crippen LogP contribution in [0, 0.1) is 5.82 Å². The zero-order valence-corrected chi connectivity index (χ0v) is 18.2. The van der Waals surface area contributed by atoms with E-state index in [1.807, 2.05) is 24.3 Å². The van der Waals surface area contributed by atoms with E-state index < -0.39 is 17.9 Å². The van der Waals surface area contributed by atoms with Crippen LogP contribution in [0.15, 0.2) is 59.1 Å². The van der Waals surface area contributed by atoms with Gasteiger partial charge in [-0.15, -0.1) is 10.2 Å². The molecule has 0 unspecified atom stereocenters. The first-order valence-electron chi connectivity index (χ1n) is 9.54. The number of benzene rings is 2. The number of aliphatic carboxylic acids is 1. The fourth-order valence-corrected chi connectivity index (χ4v) is 4.68. The topological polar surface area (TPSA) is 120 Å². The molecule has 0 radical (unpaired) electrons. The number of carboxylic acid groups (broad SMARTS) is 1. The number of halogens is 1. The molecule has 0 saturated carbocycles. The summed E-state index contributed by atoms with van der Waals surface area (Å²) in [5.41, 5.74) is 2.27. The summed E-state index contributed by atoms with van der Waals surface area (Å²) >= 11 is 2.36. The van der Waals surface area contributed by atoms with Crippen molar-refractivity contribution in [2.45, 2.75) is 16.8 Å². The normalized spacial score (nSPS) is 11.9. The van der Waals surface area contributed by atoms with Crippen LogP contribution in [-0.4, -0.2) is 44.0 Å². The summed E-state index contributed by atoms with van der Waals surface area (Å²) in [4.78, 5) is 27.1. The Morgan fingerprint density at radius 1 is 1.19 bits per heavy atom. The van der Waals surface area contributed by atoms with Crippen LogP contribution in [0.1, 0.15) is 5.56 Å². The van der Waals surface area contributed by atoms with Crippen LogP contribution in [0.3, 0.4) is 0 Å². The minimum atomic E-state index is -1.11. The molecule has 4 aromatic rings. The zero-order chi connectivity index (χ0) is 22.5. The second-order valence-corrected chi connectivity index (χ2v) is 9.02. The molecule has 4 N–H and O–H groups in total. The van der Waals surface area contributed by atoms with Crippen LogP contribution in [0.5, 0.6) is 0 Å². The zero-order valence-electron chi connectivity index (χ0n) is 16.5. The first-order chi connectivity index (χ1) is 15.5. The molecule has 4 rings (SSSR count). The van der Waals surface area contributed by atoms with Crippen molar-refractivity contribution in [3.8, 4) is 0 Å². The van der Waals surface area contributed by atoms with Crippen molar-refractivity contribution < 1.29 is 19.1 Å². The highest BCUT2D eigenvalue weighted by atomic mass is 32.2. The number of carbonyl (C=O) groups excluding carboxylic acids is 1. The van der Waals surface area contributed by atoms with Crippen LogP contribution in [-0.2, 0) is 16.0 Å². The van der Waals surface area contributed by atoms with Crippen LogP contribution < -0.4 is 10.6 Å². The highest BCUT2D eigenvalue weighted by Gasteiger charge is 2.22. The number of amides is 1. The maximum absolute atomic E-state index is 13.3. The van der Waals surface area contributed by atoms with E-state index in [4.69, 9.17) is 0 Å². The molecule has 2 aromatic carbocycles. The van der Waals surface area contributed by atoms with Gasteiger partial charge in [-0.3, -0.25) is 4.79 Å². The van der Waals surface area contributed by atoms with Crippen molar-refractivity contribution in [1.29, 1.82) is 0 Å². The summed E-state index contributed by atoms with van der Waals surface area (Å²) < 4.78 is 13.8. The molecular formula is C21H18FN5O3S2.